The second-order valence-electron chi connectivity index (χ2n) is 8.56. The van der Waals surface area contributed by atoms with Crippen LogP contribution in [-0.4, -0.2) is 41.9 Å². The lowest BCUT2D eigenvalue weighted by Crippen LogP contribution is -2.50. The van der Waals surface area contributed by atoms with Crippen LogP contribution in [0, 0.1) is 23.2 Å². The number of nitrogens with zero attached hydrogens (tertiary/aromatic N) is 2. The van der Waals surface area contributed by atoms with E-state index in [1.54, 1.807) is 0 Å². The molecular weight excluding hydrogens is 364 g/mol. The van der Waals surface area contributed by atoms with Gasteiger partial charge in [-0.05, 0) is 37.7 Å². The van der Waals surface area contributed by atoms with Crippen LogP contribution in [0.2, 0.25) is 0 Å². The summed E-state index contributed by atoms with van der Waals surface area (Å²) in [5.74, 6) is -0.591. The van der Waals surface area contributed by atoms with Crippen LogP contribution in [0.4, 0.5) is 0 Å². The van der Waals surface area contributed by atoms with Gasteiger partial charge in [-0.2, -0.15) is 5.26 Å². The Labute approximate surface area is 173 Å². The third kappa shape index (κ3) is 5.36. The van der Waals surface area contributed by atoms with Gasteiger partial charge in [0.1, 0.15) is 5.54 Å². The summed E-state index contributed by atoms with van der Waals surface area (Å²) in [6.07, 6.45) is 7.94. The maximum absolute atomic E-state index is 12.6. The summed E-state index contributed by atoms with van der Waals surface area (Å²) in [6.45, 7) is 2.17. The van der Waals surface area contributed by atoms with E-state index in [-0.39, 0.29) is 11.8 Å². The summed E-state index contributed by atoms with van der Waals surface area (Å²) in [7, 11) is 0. The summed E-state index contributed by atoms with van der Waals surface area (Å²) in [6, 6.07) is 12.6. The van der Waals surface area contributed by atoms with Gasteiger partial charge in [0.2, 0.25) is 11.8 Å². The zero-order valence-electron chi connectivity index (χ0n) is 17.0. The van der Waals surface area contributed by atoms with Crippen molar-refractivity contribution in [2.75, 3.05) is 19.6 Å². The Morgan fingerprint density at radius 1 is 1.17 bits per heavy atom. The number of carbonyl (C=O) groups excluding carboxylic acids is 2. The Kier molecular flexibility index (Phi) is 6.92. The van der Waals surface area contributed by atoms with Crippen LogP contribution >= 0.6 is 0 Å². The number of carbonyl (C=O) groups is 2. The van der Waals surface area contributed by atoms with Gasteiger partial charge in [-0.15, -0.1) is 0 Å². The van der Waals surface area contributed by atoms with Crippen molar-refractivity contribution < 1.29 is 9.59 Å². The van der Waals surface area contributed by atoms with Crippen molar-refractivity contribution >= 4 is 11.8 Å². The van der Waals surface area contributed by atoms with E-state index < -0.39 is 11.0 Å². The van der Waals surface area contributed by atoms with E-state index in [4.69, 9.17) is 5.73 Å². The molecule has 2 fully saturated rings. The van der Waals surface area contributed by atoms with Gasteiger partial charge in [0.05, 0.1) is 12.5 Å². The first-order chi connectivity index (χ1) is 14.0. The molecule has 1 aliphatic heterocycles. The molecule has 0 bridgehead atoms. The van der Waals surface area contributed by atoms with Gasteiger partial charge in [0, 0.05) is 25.0 Å². The van der Waals surface area contributed by atoms with E-state index in [1.807, 2.05) is 18.2 Å². The Hall–Kier alpha value is -2.39. The molecule has 1 aromatic carbocycles. The molecule has 1 saturated carbocycles. The Balaban J connectivity index is 1.50. The number of likely N-dealkylation sites (tertiary alicyclic amines) is 1. The fourth-order valence-electron chi connectivity index (χ4n) is 4.59. The van der Waals surface area contributed by atoms with Crippen LogP contribution in [0.5, 0.6) is 0 Å². The molecule has 1 atom stereocenters. The highest BCUT2D eigenvalue weighted by Gasteiger charge is 2.41. The zero-order valence-corrected chi connectivity index (χ0v) is 17.0. The van der Waals surface area contributed by atoms with Crippen molar-refractivity contribution in [2.24, 2.45) is 11.1 Å². The van der Waals surface area contributed by atoms with Gasteiger partial charge in [-0.3, -0.25) is 14.5 Å². The lowest BCUT2D eigenvalue weighted by atomic mass is 9.70. The number of rotatable bonds is 8. The number of nitrogens with one attached hydrogen (secondary N) is 1. The van der Waals surface area contributed by atoms with E-state index in [9.17, 15) is 14.9 Å². The van der Waals surface area contributed by atoms with Gasteiger partial charge < -0.3 is 11.1 Å². The predicted molar refractivity (Wildman–Crippen MR) is 111 cm³/mol. The lowest BCUT2D eigenvalue weighted by molar-refractivity contribution is -0.129. The molecule has 0 aromatic heterocycles. The molecule has 1 aromatic rings. The van der Waals surface area contributed by atoms with Gasteiger partial charge in [0.15, 0.2) is 0 Å². The topological polar surface area (TPSA) is 99.2 Å². The molecule has 1 radical (unpaired) electrons. The molecule has 1 unspecified atom stereocenters. The molecule has 3 N–H and O–H groups in total. The van der Waals surface area contributed by atoms with Gasteiger partial charge >= 0.3 is 0 Å². The standard InChI is InChI=1S/C23H31N4O2/c24-17-23(14-16-27(18-23)15-10-19-7-3-1-4-8-19)26-20(28)9-13-22(21(25)29)11-5-2-6-12-22/h1,3-4,7-9H,2,5-6,10-16,18H2,(H2,25,29)(H,26,28). The second kappa shape index (κ2) is 9.41. The molecule has 0 spiro atoms. The van der Waals surface area contributed by atoms with Gasteiger partial charge in [-0.1, -0.05) is 49.6 Å². The molecule has 1 heterocycles. The van der Waals surface area contributed by atoms with E-state index in [2.05, 4.69) is 28.4 Å². The predicted octanol–water partition coefficient (Wildman–Crippen LogP) is 2.34. The number of hydrogen-bond donors (Lipinski definition) is 2. The highest BCUT2D eigenvalue weighted by molar-refractivity contribution is 5.88. The number of amides is 2. The van der Waals surface area contributed by atoms with Crippen LogP contribution in [0.1, 0.15) is 50.5 Å². The normalized spacial score (nSPS) is 24.0. The van der Waals surface area contributed by atoms with E-state index >= 15 is 0 Å². The molecule has 2 amide bonds. The lowest BCUT2D eigenvalue weighted by Gasteiger charge is -2.34. The van der Waals surface area contributed by atoms with E-state index in [1.165, 1.54) is 12.0 Å². The van der Waals surface area contributed by atoms with Crippen LogP contribution < -0.4 is 11.1 Å². The summed E-state index contributed by atoms with van der Waals surface area (Å²) < 4.78 is 0. The first-order valence-electron chi connectivity index (χ1n) is 10.6. The van der Waals surface area contributed by atoms with Crippen molar-refractivity contribution in [1.82, 2.24) is 10.2 Å². The van der Waals surface area contributed by atoms with Crippen LogP contribution in [0.15, 0.2) is 30.3 Å². The minimum Gasteiger partial charge on any atom is -0.369 e. The number of benzene rings is 1. The Morgan fingerprint density at radius 2 is 1.90 bits per heavy atom. The quantitative estimate of drug-likeness (QED) is 0.706. The monoisotopic (exact) mass is 395 g/mol. The van der Waals surface area contributed by atoms with Crippen molar-refractivity contribution in [3.05, 3.63) is 42.3 Å². The van der Waals surface area contributed by atoms with Gasteiger partial charge in [0.25, 0.3) is 0 Å². The molecule has 6 nitrogen and oxygen atoms in total. The van der Waals surface area contributed by atoms with Crippen molar-refractivity contribution in [3.63, 3.8) is 0 Å². The molecule has 1 aliphatic carbocycles. The highest BCUT2D eigenvalue weighted by Crippen LogP contribution is 2.39. The van der Waals surface area contributed by atoms with Crippen LogP contribution in [-0.2, 0) is 16.0 Å². The maximum Gasteiger partial charge on any atom is 0.225 e. The minimum atomic E-state index is -0.864. The summed E-state index contributed by atoms with van der Waals surface area (Å²) in [5.41, 5.74) is 5.45. The maximum atomic E-state index is 12.6. The van der Waals surface area contributed by atoms with Crippen molar-refractivity contribution in [1.29, 1.82) is 5.26 Å². The second-order valence-corrected chi connectivity index (χ2v) is 8.56. The average Bonchev–Trinajstić information content (AvgIpc) is 3.15. The fraction of sp³-hybridized carbons (Fsp3) is 0.565. The first kappa shape index (κ1) is 21.3. The first-order valence-corrected chi connectivity index (χ1v) is 10.6. The van der Waals surface area contributed by atoms with Crippen LogP contribution in [0.25, 0.3) is 0 Å². The fourth-order valence-corrected chi connectivity index (χ4v) is 4.59. The summed E-state index contributed by atoms with van der Waals surface area (Å²) in [5, 5.41) is 12.7. The molecule has 3 rings (SSSR count). The number of nitrogens with two attached hydrogens (primary N) is 1. The molecule has 29 heavy (non-hydrogen) atoms. The van der Waals surface area contributed by atoms with Crippen molar-refractivity contribution in [3.8, 4) is 6.07 Å². The minimum absolute atomic E-state index is 0.275. The number of nitriles is 1. The smallest absolute Gasteiger partial charge is 0.225 e. The number of primary amides is 1. The van der Waals surface area contributed by atoms with Crippen LogP contribution in [0.3, 0.4) is 0 Å². The Bertz CT molecular complexity index is 752. The largest absolute Gasteiger partial charge is 0.369 e. The molecule has 6 heteroatoms. The third-order valence-electron chi connectivity index (χ3n) is 6.50. The molecule has 155 valence electrons. The number of hydrogen-bond acceptors (Lipinski definition) is 4. The van der Waals surface area contributed by atoms with E-state index in [0.717, 1.165) is 51.6 Å². The Morgan fingerprint density at radius 3 is 2.55 bits per heavy atom. The van der Waals surface area contributed by atoms with Gasteiger partial charge in [-0.25, -0.2) is 0 Å². The molecule has 1 saturated heterocycles. The van der Waals surface area contributed by atoms with E-state index in [0.29, 0.717) is 19.4 Å². The third-order valence-corrected chi connectivity index (χ3v) is 6.50. The molecule has 2 aliphatic rings. The average molecular weight is 396 g/mol. The SMILES string of the molecule is N#CC1(NC(=O)[CH]CC2(C(N)=O)CCCCC2)CCN(CCc2ccccc2)C1. The highest BCUT2D eigenvalue weighted by atomic mass is 16.2. The zero-order chi connectivity index (χ0) is 20.7. The van der Waals surface area contributed by atoms with Crippen molar-refractivity contribution in [2.45, 2.75) is 56.9 Å². The molecular formula is C23H31N4O2. The summed E-state index contributed by atoms with van der Waals surface area (Å²) >= 11 is 0. The summed E-state index contributed by atoms with van der Waals surface area (Å²) in [4.78, 5) is 26.8.